The van der Waals surface area contributed by atoms with Crippen molar-refractivity contribution in [2.45, 2.75) is 32.6 Å². The van der Waals surface area contributed by atoms with Gasteiger partial charge in [0.25, 0.3) is 0 Å². The van der Waals surface area contributed by atoms with Gasteiger partial charge >= 0.3 is 0 Å². The quantitative estimate of drug-likeness (QED) is 0.168. The zero-order chi connectivity index (χ0) is 37.2. The number of hydrogen-bond acceptors (Lipinski definition) is 3. The molecule has 1 atom stereocenters. The van der Waals surface area contributed by atoms with Crippen LogP contribution in [0.5, 0.6) is 0 Å². The van der Waals surface area contributed by atoms with Crippen molar-refractivity contribution >= 4 is 56.1 Å². The number of allylic oxidation sites excluding steroid dienone is 2. The summed E-state index contributed by atoms with van der Waals surface area (Å²) in [5.41, 5.74) is 11.3. The number of aromatic nitrogens is 2. The molecule has 54 heavy (non-hydrogen) atoms. The van der Waals surface area contributed by atoms with E-state index >= 15 is 0 Å². The van der Waals surface area contributed by atoms with E-state index in [-0.39, 0.29) is 5.41 Å². The Labute approximate surface area is 315 Å². The summed E-state index contributed by atoms with van der Waals surface area (Å²) in [5, 5.41) is 4.59. The van der Waals surface area contributed by atoms with E-state index in [0.717, 1.165) is 84.0 Å². The number of benzene rings is 6. The van der Waals surface area contributed by atoms with Crippen LogP contribution in [0.3, 0.4) is 0 Å². The molecule has 0 aliphatic heterocycles. The minimum absolute atomic E-state index is 0.173. The van der Waals surface area contributed by atoms with Crippen LogP contribution in [0.15, 0.2) is 174 Å². The van der Waals surface area contributed by atoms with E-state index in [1.165, 1.54) is 10.8 Å². The number of imidazole rings is 1. The molecule has 3 heterocycles. The van der Waals surface area contributed by atoms with Gasteiger partial charge in [0.2, 0.25) is 0 Å². The van der Waals surface area contributed by atoms with Gasteiger partial charge in [-0.25, -0.2) is 4.98 Å². The average Bonchev–Trinajstić information content (AvgIpc) is 3.93. The van der Waals surface area contributed by atoms with Crippen LogP contribution in [0.4, 0.5) is 0 Å². The third-order valence-corrected chi connectivity index (χ3v) is 10.2. The molecule has 10 rings (SSSR count). The summed E-state index contributed by atoms with van der Waals surface area (Å²) in [6.45, 7) is 13.0. The molecule has 3 aromatic heterocycles. The third kappa shape index (κ3) is 6.06. The molecule has 0 spiro atoms. The average molecular weight is 703 g/mol. The van der Waals surface area contributed by atoms with Gasteiger partial charge in [-0.1, -0.05) is 137 Å². The highest BCUT2D eigenvalue weighted by molar-refractivity contribution is 6.06. The standard InChI is InChI=1S/C44H30N2O2.C4H6.C2H6/c1-44(23-22-42-36(27-44)33-14-5-8-17-39(33)47-42)31-19-21-41-35(26-31)34-25-30(18-20-40(34)48-41)29-12-9-13-32(24-29)46-38-16-7-6-15-37(38)45-43(46)28-10-3-2-4-11-28;1-3-4-2;1-2/h2-22,24-27H,23H2,1H3;3-4H,1-2H2;1-2H3. The van der Waals surface area contributed by atoms with Gasteiger partial charge in [-0.3, -0.25) is 4.57 Å². The van der Waals surface area contributed by atoms with Gasteiger partial charge in [0, 0.05) is 38.0 Å². The summed E-state index contributed by atoms with van der Waals surface area (Å²) in [6.07, 6.45) is 8.77. The van der Waals surface area contributed by atoms with Gasteiger partial charge in [-0.2, -0.15) is 0 Å². The molecule has 1 unspecified atom stereocenters. The fraction of sp³-hybridized carbons (Fsp3) is 0.100. The molecule has 9 aromatic rings. The van der Waals surface area contributed by atoms with Crippen LogP contribution >= 0.6 is 0 Å². The number of hydrogen-bond donors (Lipinski definition) is 0. The first-order chi connectivity index (χ1) is 26.5. The first kappa shape index (κ1) is 34.4. The molecule has 6 aromatic carbocycles. The first-order valence-corrected chi connectivity index (χ1v) is 18.6. The van der Waals surface area contributed by atoms with E-state index < -0.39 is 0 Å². The molecule has 0 fully saturated rings. The monoisotopic (exact) mass is 702 g/mol. The lowest BCUT2D eigenvalue weighted by molar-refractivity contribution is 0.558. The van der Waals surface area contributed by atoms with Crippen LogP contribution in [0.25, 0.3) is 84.3 Å². The summed E-state index contributed by atoms with van der Waals surface area (Å²) in [5.74, 6) is 0.929. The van der Waals surface area contributed by atoms with Crippen molar-refractivity contribution in [1.29, 1.82) is 0 Å². The van der Waals surface area contributed by atoms with Gasteiger partial charge < -0.3 is 8.83 Å². The second kappa shape index (κ2) is 14.4. The Kier molecular flexibility index (Phi) is 9.19. The van der Waals surface area contributed by atoms with Crippen molar-refractivity contribution in [3.63, 3.8) is 0 Å². The SMILES string of the molecule is C=CC=C.CC.CC1(c2ccc3oc4ccc(-c5cccc(-n6c(-c7ccccc7)nc7ccccc76)c5)cc4c3c2)C=c2c(oc3ccccc23)=CC1. The van der Waals surface area contributed by atoms with E-state index in [9.17, 15) is 0 Å². The lowest BCUT2D eigenvalue weighted by Crippen LogP contribution is -2.32. The van der Waals surface area contributed by atoms with Gasteiger partial charge in [0.15, 0.2) is 0 Å². The Morgan fingerprint density at radius 3 is 2.11 bits per heavy atom. The van der Waals surface area contributed by atoms with Gasteiger partial charge in [-0.05, 0) is 83.8 Å². The van der Waals surface area contributed by atoms with Crippen LogP contribution in [0, 0.1) is 0 Å². The lowest BCUT2D eigenvalue weighted by Gasteiger charge is -2.27. The Morgan fingerprint density at radius 2 is 1.30 bits per heavy atom. The maximum atomic E-state index is 6.37. The molecule has 0 saturated heterocycles. The smallest absolute Gasteiger partial charge is 0.145 e. The van der Waals surface area contributed by atoms with Crippen LogP contribution in [-0.2, 0) is 5.41 Å². The minimum Gasteiger partial charge on any atom is -0.456 e. The van der Waals surface area contributed by atoms with E-state index in [1.54, 1.807) is 12.2 Å². The zero-order valence-electron chi connectivity index (χ0n) is 30.9. The van der Waals surface area contributed by atoms with Crippen LogP contribution in [0.1, 0.15) is 32.8 Å². The van der Waals surface area contributed by atoms with Crippen molar-refractivity contribution < 1.29 is 8.83 Å². The number of para-hydroxylation sites is 3. The molecule has 0 N–H and O–H groups in total. The largest absolute Gasteiger partial charge is 0.456 e. The maximum absolute atomic E-state index is 6.37. The van der Waals surface area contributed by atoms with E-state index in [1.807, 2.05) is 38.1 Å². The molecule has 4 nitrogen and oxygen atoms in total. The molecule has 0 radical (unpaired) electrons. The van der Waals surface area contributed by atoms with Crippen molar-refractivity contribution in [3.8, 4) is 28.2 Å². The molecule has 264 valence electrons. The fourth-order valence-corrected chi connectivity index (χ4v) is 7.47. The Balaban J connectivity index is 0.000000649. The lowest BCUT2D eigenvalue weighted by atomic mass is 9.76. The summed E-state index contributed by atoms with van der Waals surface area (Å²) in [4.78, 5) is 5.05. The summed E-state index contributed by atoms with van der Waals surface area (Å²) >= 11 is 0. The predicted molar refractivity (Wildman–Crippen MR) is 227 cm³/mol. The third-order valence-electron chi connectivity index (χ3n) is 10.2. The van der Waals surface area contributed by atoms with Gasteiger partial charge in [-0.15, -0.1) is 0 Å². The van der Waals surface area contributed by atoms with Crippen molar-refractivity contribution in [2.24, 2.45) is 0 Å². The predicted octanol–water partition coefficient (Wildman–Crippen LogP) is 12.3. The molecule has 0 saturated carbocycles. The zero-order valence-corrected chi connectivity index (χ0v) is 30.9. The summed E-state index contributed by atoms with van der Waals surface area (Å²) in [7, 11) is 0. The summed E-state index contributed by atoms with van der Waals surface area (Å²) < 4.78 is 14.8. The Bertz CT molecular complexity index is 2940. The second-order valence-electron chi connectivity index (χ2n) is 13.5. The van der Waals surface area contributed by atoms with Crippen molar-refractivity contribution in [2.75, 3.05) is 0 Å². The molecule has 4 heteroatoms. The molecular weight excluding hydrogens is 661 g/mol. The molecule has 0 bridgehead atoms. The van der Waals surface area contributed by atoms with Crippen LogP contribution in [-0.4, -0.2) is 9.55 Å². The molecule has 0 amide bonds. The Morgan fingerprint density at radius 1 is 0.630 bits per heavy atom. The van der Waals surface area contributed by atoms with Crippen molar-refractivity contribution in [1.82, 2.24) is 9.55 Å². The van der Waals surface area contributed by atoms with E-state index in [2.05, 4.69) is 152 Å². The van der Waals surface area contributed by atoms with E-state index in [0.29, 0.717) is 0 Å². The molecular formula is C50H42N2O2. The van der Waals surface area contributed by atoms with Crippen LogP contribution < -0.4 is 10.6 Å². The maximum Gasteiger partial charge on any atom is 0.145 e. The molecule has 1 aliphatic rings. The highest BCUT2D eigenvalue weighted by atomic mass is 16.3. The Hall–Kier alpha value is -6.65. The van der Waals surface area contributed by atoms with Crippen LogP contribution in [0.2, 0.25) is 0 Å². The minimum atomic E-state index is -0.173. The highest BCUT2D eigenvalue weighted by Gasteiger charge is 2.27. The first-order valence-electron chi connectivity index (χ1n) is 18.6. The number of fused-ring (bicyclic) bond motifs is 7. The van der Waals surface area contributed by atoms with Gasteiger partial charge in [0.05, 0.1) is 11.0 Å². The summed E-state index contributed by atoms with van der Waals surface area (Å²) in [6, 6.07) is 49.0. The normalized spacial score (nSPS) is 14.6. The fourth-order valence-electron chi connectivity index (χ4n) is 7.47. The topological polar surface area (TPSA) is 44.1 Å². The number of nitrogens with zero attached hydrogens (tertiary/aromatic N) is 2. The van der Waals surface area contributed by atoms with E-state index in [4.69, 9.17) is 13.8 Å². The number of rotatable bonds is 5. The molecule has 1 aliphatic carbocycles. The van der Waals surface area contributed by atoms with Gasteiger partial charge in [0.1, 0.15) is 28.0 Å². The number of furan rings is 2. The highest BCUT2D eigenvalue weighted by Crippen LogP contribution is 2.39. The van der Waals surface area contributed by atoms with Crippen molar-refractivity contribution in [3.05, 3.63) is 181 Å². The second-order valence-corrected chi connectivity index (χ2v) is 13.5.